The van der Waals surface area contributed by atoms with Gasteiger partial charge in [0.25, 0.3) is 0 Å². The summed E-state index contributed by atoms with van der Waals surface area (Å²) >= 11 is 0. The molecule has 0 saturated carbocycles. The fourth-order valence-corrected chi connectivity index (χ4v) is 1.99. The number of benzene rings is 1. The van der Waals surface area contributed by atoms with Gasteiger partial charge in [0.15, 0.2) is 0 Å². The van der Waals surface area contributed by atoms with Crippen LogP contribution in [0.25, 0.3) is 0 Å². The highest BCUT2D eigenvalue weighted by Gasteiger charge is 2.14. The van der Waals surface area contributed by atoms with Gasteiger partial charge in [-0.15, -0.1) is 0 Å². The Bertz CT molecular complexity index is 348. The second kappa shape index (κ2) is 11.7. The molecule has 0 atom stereocenters. The Labute approximate surface area is 117 Å². The van der Waals surface area contributed by atoms with Crippen LogP contribution in [0.5, 0.6) is 0 Å². The Balaban J connectivity index is 0.000000573. The van der Waals surface area contributed by atoms with Crippen LogP contribution in [0.1, 0.15) is 43.7 Å². The van der Waals surface area contributed by atoms with E-state index in [2.05, 4.69) is 28.3 Å². The van der Waals surface area contributed by atoms with Gasteiger partial charge in [0.05, 0.1) is 11.6 Å². The summed E-state index contributed by atoms with van der Waals surface area (Å²) in [6, 6.07) is 10.2. The number of methoxy groups -OCH3 is 1. The number of piperidine rings is 1. The molecule has 3 nitrogen and oxygen atoms in total. The first-order valence-electron chi connectivity index (χ1n) is 6.92. The minimum atomic E-state index is 0.684. The van der Waals surface area contributed by atoms with Gasteiger partial charge in [0, 0.05) is 14.2 Å². The molecule has 0 bridgehead atoms. The zero-order valence-corrected chi connectivity index (χ0v) is 12.6. The molecule has 1 heterocycles. The molecule has 1 fully saturated rings. The zero-order chi connectivity index (χ0) is 14.5. The summed E-state index contributed by atoms with van der Waals surface area (Å²) in [7, 11) is 3.25. The van der Waals surface area contributed by atoms with E-state index < -0.39 is 0 Å². The number of nitrogens with one attached hydrogen (secondary N) is 1. The summed E-state index contributed by atoms with van der Waals surface area (Å²) in [5.41, 5.74) is 2.13. The molecule has 0 unspecified atom stereocenters. The van der Waals surface area contributed by atoms with Crippen LogP contribution >= 0.6 is 0 Å². The Morgan fingerprint density at radius 3 is 2.00 bits per heavy atom. The minimum absolute atomic E-state index is 0.684. The Kier molecular flexibility index (Phi) is 10.9. The van der Waals surface area contributed by atoms with Crippen LogP contribution in [0.3, 0.4) is 0 Å². The van der Waals surface area contributed by atoms with Crippen molar-refractivity contribution in [2.45, 2.75) is 32.6 Å². The molecule has 0 aliphatic carbocycles. The van der Waals surface area contributed by atoms with E-state index >= 15 is 0 Å². The number of hydrogen-bond acceptors (Lipinski definition) is 3. The van der Waals surface area contributed by atoms with Crippen LogP contribution in [0.15, 0.2) is 24.3 Å². The Hall–Kier alpha value is -1.37. The monoisotopic (exact) mass is 262 g/mol. The first-order chi connectivity index (χ1) is 9.31. The maximum Gasteiger partial charge on any atom is 0.0991 e. The molecule has 1 aromatic carbocycles. The first-order valence-corrected chi connectivity index (χ1v) is 6.92. The molecule has 0 radical (unpaired) electrons. The molecule has 106 valence electrons. The third kappa shape index (κ3) is 6.95. The molecule has 0 spiro atoms. The number of rotatable bonds is 1. The molecular formula is C16H26N2O. The lowest BCUT2D eigenvalue weighted by Crippen LogP contribution is -2.26. The van der Waals surface area contributed by atoms with Crippen molar-refractivity contribution in [3.63, 3.8) is 0 Å². The maximum absolute atomic E-state index is 8.68. The van der Waals surface area contributed by atoms with Crippen molar-refractivity contribution < 1.29 is 4.74 Å². The molecule has 3 heteroatoms. The number of ether oxygens (including phenoxy) is 1. The predicted octanol–water partition coefficient (Wildman–Crippen LogP) is 3.31. The third-order valence-corrected chi connectivity index (χ3v) is 2.85. The van der Waals surface area contributed by atoms with Crippen molar-refractivity contribution in [1.82, 2.24) is 5.32 Å². The van der Waals surface area contributed by atoms with Crippen LogP contribution in [0.2, 0.25) is 0 Å². The molecule has 1 N–H and O–H groups in total. The van der Waals surface area contributed by atoms with Crippen molar-refractivity contribution in [2.75, 3.05) is 27.3 Å². The number of hydrogen-bond donors (Lipinski definition) is 1. The van der Waals surface area contributed by atoms with Gasteiger partial charge >= 0.3 is 0 Å². The smallest absolute Gasteiger partial charge is 0.0991 e. The van der Waals surface area contributed by atoms with Gasteiger partial charge < -0.3 is 10.1 Å². The Morgan fingerprint density at radius 1 is 1.11 bits per heavy atom. The molecule has 19 heavy (non-hydrogen) atoms. The molecule has 0 aromatic heterocycles. The van der Waals surface area contributed by atoms with E-state index in [9.17, 15) is 0 Å². The number of nitriles is 1. The first kappa shape index (κ1) is 17.6. The van der Waals surface area contributed by atoms with Gasteiger partial charge in [0.1, 0.15) is 0 Å². The molecule has 1 aromatic rings. The molecule has 2 rings (SSSR count). The molecule has 1 aliphatic rings. The van der Waals surface area contributed by atoms with E-state index in [0.717, 1.165) is 18.7 Å². The van der Waals surface area contributed by atoms with E-state index in [1.165, 1.54) is 18.4 Å². The average molecular weight is 262 g/mol. The average Bonchev–Trinajstić information content (AvgIpc) is 2.51. The highest BCUT2D eigenvalue weighted by Crippen LogP contribution is 2.24. The number of nitrogens with zero attached hydrogens (tertiary/aromatic N) is 1. The lowest BCUT2D eigenvalue weighted by atomic mass is 9.90. The predicted molar refractivity (Wildman–Crippen MR) is 80.3 cm³/mol. The molecule has 0 amide bonds. The zero-order valence-electron chi connectivity index (χ0n) is 12.6. The van der Waals surface area contributed by atoms with Gasteiger partial charge in [-0.2, -0.15) is 5.26 Å². The largest absolute Gasteiger partial charge is 0.388 e. The third-order valence-electron chi connectivity index (χ3n) is 2.85. The fraction of sp³-hybridized carbons (Fsp3) is 0.562. The van der Waals surface area contributed by atoms with Crippen molar-refractivity contribution >= 4 is 0 Å². The van der Waals surface area contributed by atoms with Crippen LogP contribution in [0, 0.1) is 11.3 Å². The van der Waals surface area contributed by atoms with E-state index in [0.29, 0.717) is 5.92 Å². The summed E-state index contributed by atoms with van der Waals surface area (Å²) in [5, 5.41) is 12.0. The van der Waals surface area contributed by atoms with Crippen molar-refractivity contribution in [3.8, 4) is 6.07 Å². The van der Waals surface area contributed by atoms with Crippen LogP contribution < -0.4 is 5.32 Å². The summed E-state index contributed by atoms with van der Waals surface area (Å²) in [4.78, 5) is 0. The SMILES string of the molecule is CC.COC.N#Cc1ccc(C2CCNCC2)cc1. The van der Waals surface area contributed by atoms with Gasteiger partial charge in [-0.3, -0.25) is 0 Å². The summed E-state index contributed by atoms with van der Waals surface area (Å²) in [5.74, 6) is 0.684. The van der Waals surface area contributed by atoms with Gasteiger partial charge in [-0.05, 0) is 49.5 Å². The lowest BCUT2D eigenvalue weighted by molar-refractivity contribution is 0.277. The molecule has 1 saturated heterocycles. The quantitative estimate of drug-likeness (QED) is 0.844. The van der Waals surface area contributed by atoms with Gasteiger partial charge in [-0.25, -0.2) is 0 Å². The topological polar surface area (TPSA) is 45.0 Å². The standard InChI is InChI=1S/C12H14N2.C2H6O.C2H6/c13-9-10-1-3-11(4-2-10)12-5-7-14-8-6-12;1-3-2;1-2/h1-4,12,14H,5-8H2;1-2H3;1-2H3. The van der Waals surface area contributed by atoms with Crippen molar-refractivity contribution in [2.24, 2.45) is 0 Å². The summed E-state index contributed by atoms with van der Waals surface area (Å²) in [6.45, 7) is 6.23. The van der Waals surface area contributed by atoms with Gasteiger partial charge in [0.2, 0.25) is 0 Å². The van der Waals surface area contributed by atoms with E-state index in [1.807, 2.05) is 26.0 Å². The van der Waals surface area contributed by atoms with E-state index in [4.69, 9.17) is 5.26 Å². The highest BCUT2D eigenvalue weighted by atomic mass is 16.4. The van der Waals surface area contributed by atoms with E-state index in [-0.39, 0.29) is 0 Å². The summed E-state index contributed by atoms with van der Waals surface area (Å²) < 4.78 is 4.25. The van der Waals surface area contributed by atoms with Crippen LogP contribution in [-0.2, 0) is 4.74 Å². The van der Waals surface area contributed by atoms with Crippen molar-refractivity contribution in [1.29, 1.82) is 5.26 Å². The van der Waals surface area contributed by atoms with Gasteiger partial charge in [-0.1, -0.05) is 26.0 Å². The second-order valence-corrected chi connectivity index (χ2v) is 4.17. The Morgan fingerprint density at radius 2 is 1.58 bits per heavy atom. The highest BCUT2D eigenvalue weighted by molar-refractivity contribution is 5.33. The van der Waals surface area contributed by atoms with Crippen molar-refractivity contribution in [3.05, 3.63) is 35.4 Å². The maximum atomic E-state index is 8.68. The second-order valence-electron chi connectivity index (χ2n) is 4.17. The minimum Gasteiger partial charge on any atom is -0.388 e. The van der Waals surface area contributed by atoms with E-state index in [1.54, 1.807) is 14.2 Å². The fourth-order valence-electron chi connectivity index (χ4n) is 1.99. The summed E-state index contributed by atoms with van der Waals surface area (Å²) in [6.07, 6.45) is 2.43. The lowest BCUT2D eigenvalue weighted by Gasteiger charge is -2.22. The van der Waals surface area contributed by atoms with Crippen LogP contribution in [0.4, 0.5) is 0 Å². The molecular weight excluding hydrogens is 236 g/mol. The molecule has 1 aliphatic heterocycles. The van der Waals surface area contributed by atoms with Crippen LogP contribution in [-0.4, -0.2) is 27.3 Å². The normalized spacial score (nSPS) is 14.3.